The van der Waals surface area contributed by atoms with E-state index in [1.54, 1.807) is 7.11 Å². The number of hydrogen-bond donors (Lipinski definition) is 0. The highest BCUT2D eigenvalue weighted by molar-refractivity contribution is 6.76. The van der Waals surface area contributed by atoms with E-state index in [0.29, 0.717) is 19.1 Å². The fourth-order valence-electron chi connectivity index (χ4n) is 2.06. The molecule has 1 fully saturated rings. The first kappa shape index (κ1) is 11.8. The van der Waals surface area contributed by atoms with Crippen LogP contribution in [-0.4, -0.2) is 35.6 Å². The van der Waals surface area contributed by atoms with Gasteiger partial charge in [0, 0.05) is 13.0 Å². The topological polar surface area (TPSA) is 30.8 Å². The summed E-state index contributed by atoms with van der Waals surface area (Å²) < 4.78 is 8.93. The summed E-state index contributed by atoms with van der Waals surface area (Å²) in [6.45, 7) is 1.18. The van der Waals surface area contributed by atoms with Gasteiger partial charge in [0.05, 0.1) is 6.61 Å². The van der Waals surface area contributed by atoms with Gasteiger partial charge in [-0.15, -0.1) is 0 Å². The van der Waals surface area contributed by atoms with Gasteiger partial charge < -0.3 is 9.47 Å². The first-order valence-electron chi connectivity index (χ1n) is 4.77. The third-order valence-electron chi connectivity index (χ3n) is 3.08. The Hall–Kier alpha value is 0.300. The van der Waals surface area contributed by atoms with E-state index in [2.05, 4.69) is 4.99 Å². The van der Waals surface area contributed by atoms with Gasteiger partial charge in [-0.05, 0) is 12.8 Å². The van der Waals surface area contributed by atoms with Crippen molar-refractivity contribution in [1.29, 1.82) is 0 Å². The van der Waals surface area contributed by atoms with Gasteiger partial charge in [0.25, 0.3) is 3.79 Å². The molecular weight excluding hydrogens is 260 g/mol. The van der Waals surface area contributed by atoms with Crippen molar-refractivity contribution in [2.24, 2.45) is 10.9 Å². The number of nitrogens with zero attached hydrogens (tertiary/aromatic N) is 1. The van der Waals surface area contributed by atoms with Crippen LogP contribution in [0.25, 0.3) is 0 Å². The highest BCUT2D eigenvalue weighted by Crippen LogP contribution is 2.47. The van der Waals surface area contributed by atoms with Crippen molar-refractivity contribution in [3.8, 4) is 0 Å². The van der Waals surface area contributed by atoms with Gasteiger partial charge >= 0.3 is 0 Å². The number of alkyl halides is 3. The Morgan fingerprint density at radius 3 is 2.73 bits per heavy atom. The molecule has 0 aromatic heterocycles. The number of aliphatic imine (C=N–C) groups is 1. The molecule has 15 heavy (non-hydrogen) atoms. The molecule has 86 valence electrons. The minimum Gasteiger partial charge on any atom is -0.475 e. The monoisotopic (exact) mass is 271 g/mol. The predicted molar refractivity (Wildman–Crippen MR) is 61.0 cm³/mol. The molecule has 0 amide bonds. The molecule has 0 saturated heterocycles. The normalized spacial score (nSPS) is 34.9. The molecule has 1 heterocycles. The molecule has 1 spiro atoms. The van der Waals surface area contributed by atoms with Crippen LogP contribution in [0.5, 0.6) is 0 Å². The summed E-state index contributed by atoms with van der Waals surface area (Å²) in [6.07, 6.45) is 2.07. The molecule has 2 unspecified atom stereocenters. The van der Waals surface area contributed by atoms with Crippen molar-refractivity contribution < 1.29 is 9.47 Å². The van der Waals surface area contributed by atoms with E-state index in [0.717, 1.165) is 12.8 Å². The van der Waals surface area contributed by atoms with E-state index in [-0.39, 0.29) is 11.4 Å². The van der Waals surface area contributed by atoms with Gasteiger partial charge in [-0.25, -0.2) is 4.99 Å². The minimum atomic E-state index is -1.54. The Morgan fingerprint density at radius 2 is 2.33 bits per heavy atom. The Bertz CT molecular complexity index is 290. The molecule has 1 aliphatic carbocycles. The molecule has 0 N–H and O–H groups in total. The van der Waals surface area contributed by atoms with Crippen molar-refractivity contribution in [2.45, 2.75) is 22.2 Å². The summed E-state index contributed by atoms with van der Waals surface area (Å²) in [7, 11) is 1.68. The van der Waals surface area contributed by atoms with Gasteiger partial charge in [0.1, 0.15) is 12.1 Å². The first-order valence-corrected chi connectivity index (χ1v) is 5.90. The van der Waals surface area contributed by atoms with Crippen LogP contribution >= 0.6 is 34.8 Å². The van der Waals surface area contributed by atoms with Gasteiger partial charge in [-0.2, -0.15) is 0 Å². The van der Waals surface area contributed by atoms with Crippen LogP contribution in [0.15, 0.2) is 4.99 Å². The van der Waals surface area contributed by atoms with Crippen LogP contribution in [0.1, 0.15) is 12.8 Å². The number of hydrogen-bond acceptors (Lipinski definition) is 3. The van der Waals surface area contributed by atoms with E-state index >= 15 is 0 Å². The van der Waals surface area contributed by atoms with Crippen molar-refractivity contribution in [3.05, 3.63) is 0 Å². The molecule has 2 rings (SSSR count). The molecule has 0 radical (unpaired) electrons. The second kappa shape index (κ2) is 3.95. The molecule has 2 aliphatic rings. The predicted octanol–water partition coefficient (Wildman–Crippen LogP) is 2.58. The molecule has 0 aromatic rings. The van der Waals surface area contributed by atoms with E-state index in [4.69, 9.17) is 44.3 Å². The second-order valence-corrected chi connectivity index (χ2v) is 6.28. The minimum absolute atomic E-state index is 0.199. The second-order valence-electron chi connectivity index (χ2n) is 4.00. The summed E-state index contributed by atoms with van der Waals surface area (Å²) in [6, 6.07) is 0. The highest BCUT2D eigenvalue weighted by Gasteiger charge is 2.53. The fourth-order valence-corrected chi connectivity index (χ4v) is 2.35. The zero-order chi connectivity index (χ0) is 11.1. The largest absolute Gasteiger partial charge is 0.475 e. The zero-order valence-electron chi connectivity index (χ0n) is 8.30. The molecule has 2 atom stereocenters. The lowest BCUT2D eigenvalue weighted by atomic mass is 9.68. The third kappa shape index (κ3) is 2.07. The number of ether oxygens (including phenoxy) is 2. The smallest absolute Gasteiger partial charge is 0.266 e. The summed E-state index contributed by atoms with van der Waals surface area (Å²) in [4.78, 5) is 4.42. The SMILES string of the molecule is COCC1CCC12COC(C(Cl)(Cl)Cl)=N2. The van der Waals surface area contributed by atoms with Gasteiger partial charge in [-0.1, -0.05) is 34.8 Å². The van der Waals surface area contributed by atoms with Gasteiger partial charge in [0.2, 0.25) is 5.90 Å². The maximum atomic E-state index is 5.72. The first-order chi connectivity index (χ1) is 6.98. The fraction of sp³-hybridized carbons (Fsp3) is 0.889. The van der Waals surface area contributed by atoms with Crippen LogP contribution in [0.3, 0.4) is 0 Å². The number of rotatable bonds is 2. The van der Waals surface area contributed by atoms with Crippen molar-refractivity contribution >= 4 is 40.7 Å². The lowest BCUT2D eigenvalue weighted by Crippen LogP contribution is -2.48. The molecule has 3 nitrogen and oxygen atoms in total. The van der Waals surface area contributed by atoms with E-state index in [1.807, 2.05) is 0 Å². The third-order valence-corrected chi connectivity index (χ3v) is 3.56. The summed E-state index contributed by atoms with van der Waals surface area (Å²) in [5, 5.41) is 0. The Kier molecular flexibility index (Phi) is 3.10. The molecule has 0 bridgehead atoms. The summed E-state index contributed by atoms with van der Waals surface area (Å²) in [5.41, 5.74) is -0.199. The van der Waals surface area contributed by atoms with Crippen LogP contribution in [0.4, 0.5) is 0 Å². The molecule has 1 saturated carbocycles. The summed E-state index contributed by atoms with van der Waals surface area (Å²) in [5.74, 6) is 0.598. The number of methoxy groups -OCH3 is 1. The van der Waals surface area contributed by atoms with Crippen molar-refractivity contribution in [1.82, 2.24) is 0 Å². The Morgan fingerprint density at radius 1 is 1.60 bits per heavy atom. The zero-order valence-corrected chi connectivity index (χ0v) is 10.6. The molecule has 6 heteroatoms. The van der Waals surface area contributed by atoms with Crippen molar-refractivity contribution in [3.63, 3.8) is 0 Å². The van der Waals surface area contributed by atoms with Crippen LogP contribution < -0.4 is 0 Å². The highest BCUT2D eigenvalue weighted by atomic mass is 35.6. The lowest BCUT2D eigenvalue weighted by molar-refractivity contribution is 0.0238. The Labute approximate surface area is 104 Å². The maximum Gasteiger partial charge on any atom is 0.266 e. The average Bonchev–Trinajstić information content (AvgIpc) is 2.58. The van der Waals surface area contributed by atoms with E-state index in [9.17, 15) is 0 Å². The Balaban J connectivity index is 2.10. The average molecular weight is 273 g/mol. The quantitative estimate of drug-likeness (QED) is 0.724. The van der Waals surface area contributed by atoms with Gasteiger partial charge in [-0.3, -0.25) is 0 Å². The van der Waals surface area contributed by atoms with E-state index < -0.39 is 3.79 Å². The summed E-state index contributed by atoms with van der Waals surface area (Å²) >= 11 is 17.1. The van der Waals surface area contributed by atoms with Crippen LogP contribution in [-0.2, 0) is 9.47 Å². The molecule has 0 aromatic carbocycles. The standard InChI is InChI=1S/C9H12Cl3NO2/c1-14-4-6-2-3-8(6)5-15-7(13-8)9(10,11)12/h6H,2-5H2,1H3. The number of halogens is 3. The lowest BCUT2D eigenvalue weighted by Gasteiger charge is -2.42. The molecular formula is C9H12Cl3NO2. The van der Waals surface area contributed by atoms with E-state index in [1.165, 1.54) is 0 Å². The maximum absolute atomic E-state index is 5.72. The van der Waals surface area contributed by atoms with Crippen LogP contribution in [0, 0.1) is 5.92 Å². The van der Waals surface area contributed by atoms with Crippen LogP contribution in [0.2, 0.25) is 0 Å². The van der Waals surface area contributed by atoms with Gasteiger partial charge in [0.15, 0.2) is 0 Å². The van der Waals surface area contributed by atoms with Crippen molar-refractivity contribution in [2.75, 3.05) is 20.3 Å². The molecule has 1 aliphatic heterocycles.